The van der Waals surface area contributed by atoms with E-state index >= 15 is 0 Å². The Hall–Kier alpha value is -4.85. The topological polar surface area (TPSA) is 276 Å². The van der Waals surface area contributed by atoms with Crippen LogP contribution in [0.3, 0.4) is 0 Å². The molecule has 212 valence electrons. The van der Waals surface area contributed by atoms with Gasteiger partial charge in [-0.05, 0) is 36.8 Å². The van der Waals surface area contributed by atoms with Gasteiger partial charge in [-0.15, -0.1) is 0 Å². The smallest absolute Gasteiger partial charge is 0.512 e. The molecule has 0 spiro atoms. The number of nitrogens with zero attached hydrogens (tertiary/aromatic N) is 8. The Balaban J connectivity index is -0.000000496. The normalized spacial score (nSPS) is 14.3. The molecule has 0 aromatic heterocycles. The first-order chi connectivity index (χ1) is 19.6. The molecule has 1 aromatic rings. The van der Waals surface area contributed by atoms with Crippen LogP contribution in [0.15, 0.2) is 83.9 Å². The van der Waals surface area contributed by atoms with Crippen molar-refractivity contribution < 1.29 is 43.0 Å². The maximum Gasteiger partial charge on any atom is 6.00 e. The molecule has 18 heteroatoms. The molecule has 3 aliphatic rings. The average molecular weight is 662 g/mol. The van der Waals surface area contributed by atoms with Gasteiger partial charge in [0.2, 0.25) is 0 Å². The number of benzene rings is 1. The summed E-state index contributed by atoms with van der Waals surface area (Å²) in [7, 11) is -9.25. The Morgan fingerprint density at radius 2 is 1.36 bits per heavy atom. The molecule has 4 rings (SSSR count). The summed E-state index contributed by atoms with van der Waals surface area (Å²) in [4.78, 5) is 9.52. The monoisotopic (exact) mass is 662 g/mol. The summed E-state index contributed by atoms with van der Waals surface area (Å²) < 4.78 is 65.2. The van der Waals surface area contributed by atoms with Gasteiger partial charge >= 0.3 is 17.1 Å². The summed E-state index contributed by atoms with van der Waals surface area (Å²) in [5.74, 6) is 0. The van der Waals surface area contributed by atoms with E-state index < -0.39 is 30.0 Å². The van der Waals surface area contributed by atoms with Gasteiger partial charge in [0, 0.05) is 11.3 Å². The van der Waals surface area contributed by atoms with Gasteiger partial charge in [-0.1, -0.05) is 30.0 Å². The van der Waals surface area contributed by atoms with E-state index in [0.717, 1.165) is 40.1 Å². The van der Waals surface area contributed by atoms with Crippen LogP contribution in [-0.2, 0) is 37.3 Å². The SMILES string of the molecule is O=S(=O)(O)c1ccc(S(=O)(=O)O)c(N=C2CC=CC3=C2SC2=CCC=CC2=N3)c1.[C-]#N.[C-]#N.[C-]#N.[C-]#N.[C-]#N.[C-]#N.[Fe+6]. The van der Waals surface area contributed by atoms with E-state index in [0.29, 0.717) is 17.8 Å². The minimum Gasteiger partial charge on any atom is -0.512 e. The molecule has 2 aliphatic carbocycles. The Labute approximate surface area is 258 Å². The van der Waals surface area contributed by atoms with Gasteiger partial charge < -0.3 is 71.0 Å². The quantitative estimate of drug-likeness (QED) is 0.263. The van der Waals surface area contributed by atoms with Gasteiger partial charge in [-0.2, -0.15) is 16.8 Å². The molecular formula is C24H14FeN8O6S3. The van der Waals surface area contributed by atoms with Crippen LogP contribution in [0.2, 0.25) is 0 Å². The van der Waals surface area contributed by atoms with Crippen molar-refractivity contribution >= 4 is 49.1 Å². The zero-order valence-corrected chi connectivity index (χ0v) is 24.3. The number of fused-ring (bicyclic) bond motifs is 1. The summed E-state index contributed by atoms with van der Waals surface area (Å²) >= 11 is 1.45. The van der Waals surface area contributed by atoms with Gasteiger partial charge in [0.15, 0.2) is 0 Å². The fourth-order valence-electron chi connectivity index (χ4n) is 2.97. The van der Waals surface area contributed by atoms with Crippen molar-refractivity contribution in [1.82, 2.24) is 0 Å². The van der Waals surface area contributed by atoms with Crippen LogP contribution in [0.1, 0.15) is 12.8 Å². The van der Waals surface area contributed by atoms with Gasteiger partial charge in [-0.3, -0.25) is 14.1 Å². The van der Waals surface area contributed by atoms with E-state index in [1.54, 1.807) is 0 Å². The summed E-state index contributed by atoms with van der Waals surface area (Å²) in [5, 5.41) is 37.5. The summed E-state index contributed by atoms with van der Waals surface area (Å²) in [6, 6.07) is 2.69. The van der Waals surface area contributed by atoms with Crippen molar-refractivity contribution in [1.29, 1.82) is 31.6 Å². The molecule has 2 N–H and O–H groups in total. The molecular weight excluding hydrogens is 648 g/mol. The van der Waals surface area contributed by atoms with Crippen LogP contribution in [0.25, 0.3) is 0 Å². The van der Waals surface area contributed by atoms with Gasteiger partial charge in [-0.25, -0.2) is 4.99 Å². The van der Waals surface area contributed by atoms with E-state index in [1.807, 2.05) is 30.4 Å². The first-order valence-corrected chi connectivity index (χ1v) is 13.4. The summed E-state index contributed by atoms with van der Waals surface area (Å²) in [6.07, 6.45) is 10.7. The Bertz CT molecular complexity index is 1560. The number of aliphatic imine (C=N–C) groups is 2. The molecule has 0 atom stereocenters. The zero-order valence-electron chi connectivity index (χ0n) is 20.7. The van der Waals surface area contributed by atoms with Crippen LogP contribution in [0.5, 0.6) is 0 Å². The largest absolute Gasteiger partial charge is 6.00 e. The van der Waals surface area contributed by atoms with Crippen molar-refractivity contribution in [2.24, 2.45) is 9.98 Å². The average Bonchev–Trinajstić information content (AvgIpc) is 3.01. The number of rotatable bonds is 3. The maximum absolute atomic E-state index is 11.7. The minimum atomic E-state index is -4.67. The molecule has 1 aromatic carbocycles. The van der Waals surface area contributed by atoms with Gasteiger partial charge in [0.25, 0.3) is 20.2 Å². The van der Waals surface area contributed by atoms with Gasteiger partial charge in [0.1, 0.15) is 4.90 Å². The second-order valence-electron chi connectivity index (χ2n) is 6.26. The third kappa shape index (κ3) is 12.6. The fraction of sp³-hybridized carbons (Fsp3) is 0.0833. The van der Waals surface area contributed by atoms with Crippen molar-refractivity contribution in [2.45, 2.75) is 22.6 Å². The predicted molar refractivity (Wildman–Crippen MR) is 141 cm³/mol. The van der Waals surface area contributed by atoms with Crippen LogP contribution < -0.4 is 0 Å². The molecule has 1 aliphatic heterocycles. The minimum absolute atomic E-state index is 0. The van der Waals surface area contributed by atoms with E-state index in [-0.39, 0.29) is 22.8 Å². The van der Waals surface area contributed by atoms with Gasteiger partial charge in [0.05, 0.1) is 32.6 Å². The van der Waals surface area contributed by atoms with Crippen LogP contribution >= 0.6 is 11.8 Å². The third-order valence-corrected chi connectivity index (χ3v) is 7.26. The second-order valence-corrected chi connectivity index (χ2v) is 10.1. The molecule has 42 heavy (non-hydrogen) atoms. The van der Waals surface area contributed by atoms with E-state index in [2.05, 4.69) is 9.98 Å². The third-order valence-electron chi connectivity index (χ3n) is 4.26. The number of allylic oxidation sites excluding steroid dienone is 7. The van der Waals surface area contributed by atoms with E-state index in [4.69, 9.17) is 71.0 Å². The van der Waals surface area contributed by atoms with Crippen LogP contribution in [0.4, 0.5) is 5.69 Å². The Kier molecular flexibility index (Phi) is 24.1. The Morgan fingerprint density at radius 1 is 0.810 bits per heavy atom. The number of hydrogen-bond acceptors (Lipinski definition) is 13. The molecule has 1 heterocycles. The maximum atomic E-state index is 11.7. The molecule has 0 saturated heterocycles. The first-order valence-electron chi connectivity index (χ1n) is 9.68. The standard InChI is InChI=1S/C18H14N2O6S3.6CN.Fe/c21-28(22,23)11-8-9-17(29(24,25)26)15(10-11)20-14-6-3-5-13-18(14)27-16-7-2-1-4-12(16)19-13;6*1-2;/h1,3-5,7-10H,2,6H2,(H,21,22,23)(H,24,25,26);;;;;;;/q;6*-1;+6. The van der Waals surface area contributed by atoms with Crippen LogP contribution in [0, 0.1) is 71.0 Å². The van der Waals surface area contributed by atoms with Crippen molar-refractivity contribution in [2.75, 3.05) is 0 Å². The predicted octanol–water partition coefficient (Wildman–Crippen LogP) is 4.03. The first kappa shape index (κ1) is 44.2. The number of thioether (sulfide) groups is 1. The summed E-state index contributed by atoms with van der Waals surface area (Å²) in [6.45, 7) is 28.5. The van der Waals surface area contributed by atoms with Crippen molar-refractivity contribution in [3.05, 3.63) is 104 Å². The fourth-order valence-corrected chi connectivity index (χ4v) is 5.16. The molecule has 0 unspecified atom stereocenters. The molecule has 14 nitrogen and oxygen atoms in total. The second kappa shape index (κ2) is 22.9. The molecule has 0 amide bonds. The molecule has 0 radical (unpaired) electrons. The van der Waals surface area contributed by atoms with Crippen LogP contribution in [-0.4, -0.2) is 37.4 Å². The molecule has 0 bridgehead atoms. The zero-order chi connectivity index (χ0) is 32.8. The van der Waals surface area contributed by atoms with Crippen molar-refractivity contribution in [3.63, 3.8) is 0 Å². The summed E-state index contributed by atoms with van der Waals surface area (Å²) in [5.41, 5.74) is 1.69. The Morgan fingerprint density at radius 3 is 1.86 bits per heavy atom. The van der Waals surface area contributed by atoms with E-state index in [1.165, 1.54) is 11.8 Å². The van der Waals surface area contributed by atoms with Crippen molar-refractivity contribution in [3.8, 4) is 0 Å². The van der Waals surface area contributed by atoms with E-state index in [9.17, 15) is 25.9 Å². The molecule has 0 saturated carbocycles. The number of hydrogen-bond donors (Lipinski definition) is 2. The molecule has 0 fully saturated rings.